The summed E-state index contributed by atoms with van der Waals surface area (Å²) in [6, 6.07) is 0.0155. The maximum Gasteiger partial charge on any atom is 0.152 e. The molecule has 2 fully saturated rings. The molecule has 3 rings (SSSR count). The Kier molecular flexibility index (Phi) is 3.64. The fourth-order valence-corrected chi connectivity index (χ4v) is 5.15. The largest absolute Gasteiger partial charge is 0.307 e. The molecule has 21 heavy (non-hydrogen) atoms. The van der Waals surface area contributed by atoms with E-state index in [1.807, 2.05) is 11.6 Å². The summed E-state index contributed by atoms with van der Waals surface area (Å²) in [7, 11) is -2.87. The number of nitrogens with zero attached hydrogens (tertiary/aromatic N) is 2. The van der Waals surface area contributed by atoms with Gasteiger partial charge in [0, 0.05) is 23.3 Å². The summed E-state index contributed by atoms with van der Waals surface area (Å²) in [6.45, 7) is 7.18. The molecule has 118 valence electrons. The van der Waals surface area contributed by atoms with Crippen LogP contribution in [0.2, 0.25) is 0 Å². The minimum Gasteiger partial charge on any atom is -0.307 e. The third-order valence-electron chi connectivity index (χ3n) is 5.18. The molecule has 1 unspecified atom stereocenters. The number of aromatic nitrogens is 2. The van der Waals surface area contributed by atoms with Crippen LogP contribution in [0.1, 0.15) is 55.6 Å². The zero-order valence-electron chi connectivity index (χ0n) is 13.1. The normalized spacial score (nSPS) is 26.7. The average Bonchev–Trinajstić information content (AvgIpc) is 2.86. The molecule has 1 aromatic rings. The molecule has 0 spiro atoms. The smallest absolute Gasteiger partial charge is 0.152 e. The molecule has 1 saturated carbocycles. The van der Waals surface area contributed by atoms with Crippen LogP contribution in [-0.4, -0.2) is 35.2 Å². The van der Waals surface area contributed by atoms with Crippen molar-refractivity contribution in [3.05, 3.63) is 17.0 Å². The summed E-state index contributed by atoms with van der Waals surface area (Å²) in [6.07, 6.45) is 4.47. The average molecular weight is 311 g/mol. The van der Waals surface area contributed by atoms with Crippen LogP contribution in [-0.2, 0) is 16.4 Å². The van der Waals surface area contributed by atoms with Crippen molar-refractivity contribution >= 4 is 9.84 Å². The van der Waals surface area contributed by atoms with E-state index >= 15 is 0 Å². The molecule has 0 bridgehead atoms. The van der Waals surface area contributed by atoms with Crippen molar-refractivity contribution in [1.82, 2.24) is 15.1 Å². The number of aryl methyl sites for hydroxylation is 1. The third kappa shape index (κ3) is 2.88. The monoisotopic (exact) mass is 311 g/mol. The van der Waals surface area contributed by atoms with Crippen molar-refractivity contribution in [2.24, 2.45) is 0 Å². The van der Waals surface area contributed by atoms with Gasteiger partial charge in [-0.15, -0.1) is 0 Å². The van der Waals surface area contributed by atoms with Crippen molar-refractivity contribution in [2.75, 3.05) is 11.5 Å². The predicted octanol–water partition coefficient (Wildman–Crippen LogP) is 1.89. The van der Waals surface area contributed by atoms with Gasteiger partial charge < -0.3 is 5.32 Å². The van der Waals surface area contributed by atoms with Gasteiger partial charge in [0.1, 0.15) is 0 Å². The van der Waals surface area contributed by atoms with Gasteiger partial charge in [0.25, 0.3) is 0 Å². The zero-order valence-corrected chi connectivity index (χ0v) is 14.0. The molecule has 1 aromatic heterocycles. The maximum absolute atomic E-state index is 11.7. The minimum atomic E-state index is -2.87. The van der Waals surface area contributed by atoms with Crippen LogP contribution in [0.15, 0.2) is 0 Å². The molecule has 0 amide bonds. The van der Waals surface area contributed by atoms with E-state index < -0.39 is 9.84 Å². The first kappa shape index (κ1) is 15.0. The number of hydrogen-bond acceptors (Lipinski definition) is 4. The number of rotatable bonds is 4. The Balaban J connectivity index is 1.77. The SMILES string of the molecule is Cc1nn(C2CCS(=O)(=O)C2)c(C)c1CNC1(C)CCC1. The first-order valence-corrected chi connectivity index (χ1v) is 9.62. The molecule has 0 radical (unpaired) electrons. The highest BCUT2D eigenvalue weighted by atomic mass is 32.2. The van der Waals surface area contributed by atoms with Crippen LogP contribution in [0.4, 0.5) is 0 Å². The highest BCUT2D eigenvalue weighted by molar-refractivity contribution is 7.91. The van der Waals surface area contributed by atoms with Crippen LogP contribution in [0, 0.1) is 13.8 Å². The van der Waals surface area contributed by atoms with Crippen molar-refractivity contribution in [3.8, 4) is 0 Å². The van der Waals surface area contributed by atoms with Gasteiger partial charge in [-0.05, 0) is 46.5 Å². The van der Waals surface area contributed by atoms with Gasteiger partial charge in [0.2, 0.25) is 0 Å². The Hall–Kier alpha value is -0.880. The van der Waals surface area contributed by atoms with Crippen molar-refractivity contribution < 1.29 is 8.42 Å². The van der Waals surface area contributed by atoms with Crippen LogP contribution < -0.4 is 5.32 Å². The van der Waals surface area contributed by atoms with Gasteiger partial charge in [0.15, 0.2) is 9.84 Å². The molecular weight excluding hydrogens is 286 g/mol. The van der Waals surface area contributed by atoms with E-state index in [4.69, 9.17) is 0 Å². The molecule has 1 aliphatic carbocycles. The molecule has 0 aromatic carbocycles. The second kappa shape index (κ2) is 5.09. The molecule has 1 atom stereocenters. The topological polar surface area (TPSA) is 64.0 Å². The Bertz CT molecular complexity index is 644. The van der Waals surface area contributed by atoms with Gasteiger partial charge in [-0.2, -0.15) is 5.10 Å². The lowest BCUT2D eigenvalue weighted by Crippen LogP contribution is -2.47. The summed E-state index contributed by atoms with van der Waals surface area (Å²) in [4.78, 5) is 0. The third-order valence-corrected chi connectivity index (χ3v) is 6.93. The number of nitrogens with one attached hydrogen (secondary N) is 1. The Morgan fingerprint density at radius 1 is 1.38 bits per heavy atom. The van der Waals surface area contributed by atoms with E-state index in [9.17, 15) is 8.42 Å². The van der Waals surface area contributed by atoms with E-state index in [-0.39, 0.29) is 17.3 Å². The van der Waals surface area contributed by atoms with E-state index in [0.717, 1.165) is 17.9 Å². The standard InChI is InChI=1S/C15H25N3O2S/c1-11-14(9-16-15(3)6-4-7-15)12(2)18(17-11)13-5-8-21(19,20)10-13/h13,16H,4-10H2,1-3H3. The van der Waals surface area contributed by atoms with Crippen LogP contribution >= 0.6 is 0 Å². The summed E-state index contributed by atoms with van der Waals surface area (Å²) >= 11 is 0. The molecule has 6 heteroatoms. The van der Waals surface area contributed by atoms with Crippen molar-refractivity contribution in [3.63, 3.8) is 0 Å². The molecule has 1 aliphatic heterocycles. The Morgan fingerprint density at radius 3 is 2.62 bits per heavy atom. The van der Waals surface area contributed by atoms with Gasteiger partial charge in [0.05, 0.1) is 23.2 Å². The van der Waals surface area contributed by atoms with Gasteiger partial charge >= 0.3 is 0 Å². The molecule has 2 heterocycles. The molecular formula is C15H25N3O2S. The lowest BCUT2D eigenvalue weighted by molar-refractivity contribution is 0.206. The Morgan fingerprint density at radius 2 is 2.10 bits per heavy atom. The minimum absolute atomic E-state index is 0.0155. The quantitative estimate of drug-likeness (QED) is 0.922. The lowest BCUT2D eigenvalue weighted by atomic mass is 9.78. The van der Waals surface area contributed by atoms with Gasteiger partial charge in [-0.1, -0.05) is 0 Å². The van der Waals surface area contributed by atoms with E-state index in [1.165, 1.54) is 24.8 Å². The zero-order chi connectivity index (χ0) is 15.3. The second-order valence-electron chi connectivity index (χ2n) is 6.92. The summed E-state index contributed by atoms with van der Waals surface area (Å²) in [5, 5.41) is 8.26. The van der Waals surface area contributed by atoms with E-state index in [2.05, 4.69) is 24.3 Å². The van der Waals surface area contributed by atoms with Crippen LogP contribution in [0.25, 0.3) is 0 Å². The number of sulfone groups is 1. The number of hydrogen-bond donors (Lipinski definition) is 1. The first-order valence-electron chi connectivity index (χ1n) is 7.80. The van der Waals surface area contributed by atoms with E-state index in [1.54, 1.807) is 0 Å². The summed E-state index contributed by atoms with van der Waals surface area (Å²) in [5.41, 5.74) is 3.64. The molecule has 1 saturated heterocycles. The summed E-state index contributed by atoms with van der Waals surface area (Å²) < 4.78 is 25.3. The second-order valence-corrected chi connectivity index (χ2v) is 9.15. The highest BCUT2D eigenvalue weighted by Gasteiger charge is 2.33. The summed E-state index contributed by atoms with van der Waals surface area (Å²) in [5.74, 6) is 0.529. The van der Waals surface area contributed by atoms with Crippen LogP contribution in [0.5, 0.6) is 0 Å². The van der Waals surface area contributed by atoms with Crippen LogP contribution in [0.3, 0.4) is 0 Å². The van der Waals surface area contributed by atoms with Crippen molar-refractivity contribution in [2.45, 2.75) is 64.6 Å². The van der Waals surface area contributed by atoms with Gasteiger partial charge in [-0.3, -0.25) is 4.68 Å². The van der Waals surface area contributed by atoms with E-state index in [0.29, 0.717) is 12.2 Å². The Labute approximate surface area is 127 Å². The van der Waals surface area contributed by atoms with Crippen molar-refractivity contribution in [1.29, 1.82) is 0 Å². The predicted molar refractivity (Wildman–Crippen MR) is 83.1 cm³/mol. The van der Waals surface area contributed by atoms with Gasteiger partial charge in [-0.25, -0.2) is 8.42 Å². The maximum atomic E-state index is 11.7. The fraction of sp³-hybridized carbons (Fsp3) is 0.800. The molecule has 2 aliphatic rings. The first-order chi connectivity index (χ1) is 9.80. The highest BCUT2D eigenvalue weighted by Crippen LogP contribution is 2.32. The lowest BCUT2D eigenvalue weighted by Gasteiger charge is -2.39. The molecule has 5 nitrogen and oxygen atoms in total. The fourth-order valence-electron chi connectivity index (χ4n) is 3.46. The molecule has 1 N–H and O–H groups in total.